The molecule has 1 aromatic rings. The first-order chi connectivity index (χ1) is 11.9. The Bertz CT molecular complexity index is 779. The number of amides is 2. The number of hydrogen-bond acceptors (Lipinski definition) is 3. The maximum Gasteiger partial charge on any atom is 0.249 e. The van der Waals surface area contributed by atoms with E-state index in [2.05, 4.69) is 30.6 Å². The summed E-state index contributed by atoms with van der Waals surface area (Å²) in [4.78, 5) is 25.7. The zero-order valence-electron chi connectivity index (χ0n) is 14.9. The van der Waals surface area contributed by atoms with Crippen LogP contribution in [0.5, 0.6) is 0 Å². The van der Waals surface area contributed by atoms with Crippen molar-refractivity contribution in [2.75, 3.05) is 18.0 Å². The Labute approximate surface area is 148 Å². The van der Waals surface area contributed by atoms with Gasteiger partial charge in [-0.2, -0.15) is 0 Å². The van der Waals surface area contributed by atoms with E-state index in [0.717, 1.165) is 49.2 Å². The molecule has 132 valence electrons. The average molecular weight is 339 g/mol. The van der Waals surface area contributed by atoms with Crippen LogP contribution in [0.2, 0.25) is 0 Å². The van der Waals surface area contributed by atoms with Gasteiger partial charge in [0, 0.05) is 35.9 Å². The largest absolute Gasteiger partial charge is 0.369 e. The predicted octanol–water partition coefficient (Wildman–Crippen LogP) is 2.41. The van der Waals surface area contributed by atoms with Crippen LogP contribution in [0.25, 0.3) is 5.57 Å². The lowest BCUT2D eigenvalue weighted by Crippen LogP contribution is -2.47. The molecule has 0 radical (unpaired) electrons. The van der Waals surface area contributed by atoms with Gasteiger partial charge >= 0.3 is 0 Å². The molecule has 1 aromatic carbocycles. The summed E-state index contributed by atoms with van der Waals surface area (Å²) in [6.45, 7) is 9.43. The zero-order chi connectivity index (χ0) is 18.1. The molecule has 1 atom stereocenters. The van der Waals surface area contributed by atoms with Gasteiger partial charge in [0.15, 0.2) is 0 Å². The summed E-state index contributed by atoms with van der Waals surface area (Å²) in [5, 5.41) is 3.00. The van der Waals surface area contributed by atoms with Crippen LogP contribution in [-0.4, -0.2) is 30.9 Å². The first kappa shape index (κ1) is 17.3. The van der Waals surface area contributed by atoms with Crippen molar-refractivity contribution in [1.82, 2.24) is 5.32 Å². The number of rotatable bonds is 4. The fraction of sp³-hybridized carbons (Fsp3) is 0.400. The lowest BCUT2D eigenvalue weighted by Gasteiger charge is -2.36. The van der Waals surface area contributed by atoms with Crippen molar-refractivity contribution in [3.8, 4) is 0 Å². The van der Waals surface area contributed by atoms with Crippen molar-refractivity contribution in [3.63, 3.8) is 0 Å². The highest BCUT2D eigenvalue weighted by Gasteiger charge is 2.28. The third-order valence-corrected chi connectivity index (χ3v) is 5.31. The van der Waals surface area contributed by atoms with Crippen molar-refractivity contribution < 1.29 is 9.59 Å². The second kappa shape index (κ2) is 6.75. The van der Waals surface area contributed by atoms with E-state index in [-0.39, 0.29) is 17.9 Å². The van der Waals surface area contributed by atoms with E-state index in [1.165, 1.54) is 17.2 Å². The highest BCUT2D eigenvalue weighted by molar-refractivity contribution is 5.99. The minimum absolute atomic E-state index is 0.109. The molecule has 0 aromatic heterocycles. The number of nitrogens with two attached hydrogens (primary N) is 1. The number of carbonyl (C=O) groups is 2. The molecule has 1 aliphatic heterocycles. The lowest BCUT2D eigenvalue weighted by atomic mass is 9.95. The molecule has 2 aliphatic rings. The molecule has 3 N–H and O–H groups in total. The molecule has 0 unspecified atom stereocenters. The Morgan fingerprint density at radius 3 is 2.80 bits per heavy atom. The molecular weight excluding hydrogens is 314 g/mol. The minimum Gasteiger partial charge on any atom is -0.369 e. The number of anilines is 1. The molecule has 0 spiro atoms. The van der Waals surface area contributed by atoms with Gasteiger partial charge in [0.25, 0.3) is 0 Å². The van der Waals surface area contributed by atoms with E-state index in [1.54, 1.807) is 0 Å². The van der Waals surface area contributed by atoms with Crippen molar-refractivity contribution in [1.29, 1.82) is 0 Å². The number of hydrogen-bond donors (Lipinski definition) is 2. The SMILES string of the molecule is C=CC(=O)N[C@@H]1CCCN(c2ccc(C(N)=O)c3c2C(C)=C(C)C3)C1. The summed E-state index contributed by atoms with van der Waals surface area (Å²) in [5.41, 5.74) is 12.0. The molecule has 5 heteroatoms. The maximum absolute atomic E-state index is 11.8. The Balaban J connectivity index is 1.95. The molecule has 0 saturated carbocycles. The van der Waals surface area contributed by atoms with Crippen LogP contribution in [0.3, 0.4) is 0 Å². The number of allylic oxidation sites excluding steroid dienone is 2. The number of fused-ring (bicyclic) bond motifs is 1. The van der Waals surface area contributed by atoms with Crippen molar-refractivity contribution in [3.05, 3.63) is 47.1 Å². The van der Waals surface area contributed by atoms with Gasteiger partial charge in [0.2, 0.25) is 11.8 Å². The first-order valence-electron chi connectivity index (χ1n) is 8.72. The van der Waals surface area contributed by atoms with Crippen LogP contribution in [0.4, 0.5) is 5.69 Å². The second-order valence-corrected chi connectivity index (χ2v) is 6.93. The average Bonchev–Trinajstić information content (AvgIpc) is 2.89. The standard InChI is InChI=1S/C20H25N3O2/c1-4-18(24)22-14-6-5-9-23(11-14)17-8-7-15(20(21)25)16-10-12(2)13(3)19(16)17/h4,7-8,14H,1,5-6,9-11H2,2-3H3,(H2,21,25)(H,22,24)/t14-/m1/s1. The number of piperidine rings is 1. The van der Waals surface area contributed by atoms with E-state index in [0.29, 0.717) is 5.56 Å². The molecule has 0 bridgehead atoms. The fourth-order valence-corrected chi connectivity index (χ4v) is 3.92. The second-order valence-electron chi connectivity index (χ2n) is 6.93. The van der Waals surface area contributed by atoms with Crippen molar-refractivity contribution >= 4 is 23.1 Å². The molecule has 3 rings (SSSR count). The van der Waals surface area contributed by atoms with E-state index in [4.69, 9.17) is 5.73 Å². The highest BCUT2D eigenvalue weighted by Crippen LogP contribution is 2.41. The maximum atomic E-state index is 11.8. The minimum atomic E-state index is -0.375. The molecule has 1 heterocycles. The summed E-state index contributed by atoms with van der Waals surface area (Å²) in [5.74, 6) is -0.506. The molecule has 1 saturated heterocycles. The molecule has 5 nitrogen and oxygen atoms in total. The number of benzene rings is 1. The Morgan fingerprint density at radius 2 is 2.12 bits per heavy atom. The summed E-state index contributed by atoms with van der Waals surface area (Å²) in [6.07, 6.45) is 4.06. The lowest BCUT2D eigenvalue weighted by molar-refractivity contribution is -0.117. The number of nitrogens with zero attached hydrogens (tertiary/aromatic N) is 1. The third kappa shape index (κ3) is 3.18. The van der Waals surface area contributed by atoms with Crippen LogP contribution >= 0.6 is 0 Å². The number of primary amides is 1. The topological polar surface area (TPSA) is 75.4 Å². The van der Waals surface area contributed by atoms with Gasteiger partial charge in [-0.15, -0.1) is 0 Å². The van der Waals surface area contributed by atoms with Gasteiger partial charge in [-0.3, -0.25) is 9.59 Å². The van der Waals surface area contributed by atoms with Crippen LogP contribution in [0, 0.1) is 0 Å². The van der Waals surface area contributed by atoms with Crippen molar-refractivity contribution in [2.45, 2.75) is 39.2 Å². The highest BCUT2D eigenvalue weighted by atomic mass is 16.1. The Morgan fingerprint density at radius 1 is 1.36 bits per heavy atom. The van der Waals surface area contributed by atoms with Crippen LogP contribution in [0.15, 0.2) is 30.4 Å². The monoisotopic (exact) mass is 339 g/mol. The van der Waals surface area contributed by atoms with E-state index >= 15 is 0 Å². The molecule has 2 amide bonds. The zero-order valence-corrected chi connectivity index (χ0v) is 14.9. The summed E-state index contributed by atoms with van der Waals surface area (Å²) in [7, 11) is 0. The van der Waals surface area contributed by atoms with Gasteiger partial charge in [-0.05, 0) is 62.5 Å². The fourth-order valence-electron chi connectivity index (χ4n) is 3.92. The van der Waals surface area contributed by atoms with Crippen LogP contribution < -0.4 is 16.0 Å². The predicted molar refractivity (Wildman–Crippen MR) is 101 cm³/mol. The first-order valence-corrected chi connectivity index (χ1v) is 8.72. The van der Waals surface area contributed by atoms with Crippen LogP contribution in [-0.2, 0) is 11.2 Å². The van der Waals surface area contributed by atoms with Gasteiger partial charge in [0.05, 0.1) is 0 Å². The number of nitrogens with one attached hydrogen (secondary N) is 1. The van der Waals surface area contributed by atoms with Crippen LogP contribution in [0.1, 0.15) is 48.2 Å². The summed E-state index contributed by atoms with van der Waals surface area (Å²) < 4.78 is 0. The molecule has 1 aliphatic carbocycles. The van der Waals surface area contributed by atoms with Crippen molar-refractivity contribution in [2.24, 2.45) is 5.73 Å². The van der Waals surface area contributed by atoms with E-state index in [9.17, 15) is 9.59 Å². The summed E-state index contributed by atoms with van der Waals surface area (Å²) >= 11 is 0. The third-order valence-electron chi connectivity index (χ3n) is 5.31. The molecular formula is C20H25N3O2. The summed E-state index contributed by atoms with van der Waals surface area (Å²) in [6, 6.07) is 3.95. The van der Waals surface area contributed by atoms with Gasteiger partial charge in [-0.25, -0.2) is 0 Å². The Hall–Kier alpha value is -2.56. The van der Waals surface area contributed by atoms with Gasteiger partial charge in [0.1, 0.15) is 0 Å². The quantitative estimate of drug-likeness (QED) is 0.827. The Kier molecular flexibility index (Phi) is 4.66. The normalized spacial score (nSPS) is 19.6. The van der Waals surface area contributed by atoms with Gasteiger partial charge in [-0.1, -0.05) is 12.2 Å². The van der Waals surface area contributed by atoms with E-state index < -0.39 is 0 Å². The van der Waals surface area contributed by atoms with Gasteiger partial charge < -0.3 is 16.0 Å². The number of carbonyl (C=O) groups excluding carboxylic acids is 2. The van der Waals surface area contributed by atoms with E-state index in [1.807, 2.05) is 12.1 Å². The molecule has 1 fully saturated rings. The molecule has 25 heavy (non-hydrogen) atoms. The smallest absolute Gasteiger partial charge is 0.249 e.